The predicted octanol–water partition coefficient (Wildman–Crippen LogP) is 2.77. The van der Waals surface area contributed by atoms with Crippen molar-refractivity contribution in [1.29, 1.82) is 0 Å². The molecular weight excluding hydrogens is 270 g/mol. The summed E-state index contributed by atoms with van der Waals surface area (Å²) >= 11 is 0. The summed E-state index contributed by atoms with van der Waals surface area (Å²) < 4.78 is 0. The summed E-state index contributed by atoms with van der Waals surface area (Å²) in [7, 11) is 0. The summed E-state index contributed by atoms with van der Waals surface area (Å²) in [5, 5.41) is 0. The van der Waals surface area contributed by atoms with Crippen molar-refractivity contribution in [2.75, 3.05) is 52.4 Å². The molecule has 0 aromatic carbocycles. The third kappa shape index (κ3) is 4.24. The standard InChI is InChI=1S/C19H37N3/c1-16(2)11-19(5-6-19)15-21-13-18(14-21)12-20-7-9-22(10-8-20)17(3)4/h16-18H,5-15H2,1-4H3. The van der Waals surface area contributed by atoms with Gasteiger partial charge in [-0.1, -0.05) is 13.8 Å². The molecule has 1 aliphatic carbocycles. The lowest BCUT2D eigenvalue weighted by atomic mass is 9.90. The van der Waals surface area contributed by atoms with Gasteiger partial charge in [0.1, 0.15) is 0 Å². The lowest BCUT2D eigenvalue weighted by Crippen LogP contribution is -2.56. The molecule has 3 rings (SSSR count). The van der Waals surface area contributed by atoms with E-state index < -0.39 is 0 Å². The van der Waals surface area contributed by atoms with Crippen LogP contribution >= 0.6 is 0 Å². The normalized spacial score (nSPS) is 27.5. The highest BCUT2D eigenvalue weighted by atomic mass is 15.3. The Morgan fingerprint density at radius 1 is 0.909 bits per heavy atom. The Morgan fingerprint density at radius 2 is 1.55 bits per heavy atom. The molecule has 2 saturated heterocycles. The smallest absolute Gasteiger partial charge is 0.0113 e. The van der Waals surface area contributed by atoms with E-state index in [2.05, 4.69) is 42.4 Å². The van der Waals surface area contributed by atoms with Gasteiger partial charge in [0.2, 0.25) is 0 Å². The average Bonchev–Trinajstić information content (AvgIpc) is 3.15. The Balaban J connectivity index is 1.31. The SMILES string of the molecule is CC(C)CC1(CN2CC(CN3CCN(C(C)C)CC3)C2)CC1. The van der Waals surface area contributed by atoms with Crippen molar-refractivity contribution in [3.8, 4) is 0 Å². The van der Waals surface area contributed by atoms with Crippen molar-refractivity contribution in [3.63, 3.8) is 0 Å². The summed E-state index contributed by atoms with van der Waals surface area (Å²) in [6.07, 6.45) is 4.43. The second-order valence-corrected chi connectivity index (χ2v) is 9.09. The molecule has 0 N–H and O–H groups in total. The quantitative estimate of drug-likeness (QED) is 0.716. The van der Waals surface area contributed by atoms with Gasteiger partial charge in [-0.25, -0.2) is 0 Å². The highest BCUT2D eigenvalue weighted by molar-refractivity contribution is 4.98. The molecule has 0 unspecified atom stereocenters. The maximum atomic E-state index is 2.74. The third-order valence-corrected chi connectivity index (χ3v) is 6.04. The first-order valence-corrected chi connectivity index (χ1v) is 9.64. The van der Waals surface area contributed by atoms with Gasteiger partial charge in [0.15, 0.2) is 0 Å². The Morgan fingerprint density at radius 3 is 2.05 bits per heavy atom. The van der Waals surface area contributed by atoms with Gasteiger partial charge in [-0.3, -0.25) is 4.90 Å². The minimum Gasteiger partial charge on any atom is -0.302 e. The first-order valence-electron chi connectivity index (χ1n) is 9.64. The van der Waals surface area contributed by atoms with Crippen LogP contribution in [0.4, 0.5) is 0 Å². The van der Waals surface area contributed by atoms with E-state index in [1.165, 1.54) is 71.6 Å². The molecule has 128 valence electrons. The number of likely N-dealkylation sites (tertiary alicyclic amines) is 1. The summed E-state index contributed by atoms with van der Waals surface area (Å²) in [6.45, 7) is 20.0. The van der Waals surface area contributed by atoms with Crippen LogP contribution in [0.15, 0.2) is 0 Å². The van der Waals surface area contributed by atoms with Gasteiger partial charge in [-0.15, -0.1) is 0 Å². The summed E-state index contributed by atoms with van der Waals surface area (Å²) in [5.74, 6) is 1.82. The highest BCUT2D eigenvalue weighted by Gasteiger charge is 2.45. The molecule has 1 saturated carbocycles. The second-order valence-electron chi connectivity index (χ2n) is 9.09. The number of rotatable bonds is 7. The van der Waals surface area contributed by atoms with Gasteiger partial charge in [0.05, 0.1) is 0 Å². The lowest BCUT2D eigenvalue weighted by Gasteiger charge is -2.45. The molecule has 0 radical (unpaired) electrons. The first-order chi connectivity index (χ1) is 10.5. The molecule has 0 spiro atoms. The van der Waals surface area contributed by atoms with Crippen LogP contribution in [-0.2, 0) is 0 Å². The van der Waals surface area contributed by atoms with Crippen molar-refractivity contribution in [1.82, 2.24) is 14.7 Å². The van der Waals surface area contributed by atoms with Gasteiger partial charge in [0.25, 0.3) is 0 Å². The molecule has 22 heavy (non-hydrogen) atoms. The Hall–Kier alpha value is -0.120. The van der Waals surface area contributed by atoms with E-state index in [9.17, 15) is 0 Å². The lowest BCUT2D eigenvalue weighted by molar-refractivity contribution is 0.0279. The van der Waals surface area contributed by atoms with E-state index in [4.69, 9.17) is 0 Å². The zero-order chi connectivity index (χ0) is 15.7. The van der Waals surface area contributed by atoms with Gasteiger partial charge < -0.3 is 9.80 Å². The molecule has 0 bridgehead atoms. The van der Waals surface area contributed by atoms with E-state index in [0.717, 1.165) is 23.3 Å². The number of hydrogen-bond donors (Lipinski definition) is 0. The van der Waals surface area contributed by atoms with Gasteiger partial charge >= 0.3 is 0 Å². The van der Waals surface area contributed by atoms with E-state index in [1.54, 1.807) is 0 Å². The highest BCUT2D eigenvalue weighted by Crippen LogP contribution is 2.51. The third-order valence-electron chi connectivity index (χ3n) is 6.04. The van der Waals surface area contributed by atoms with Crippen LogP contribution in [-0.4, -0.2) is 73.1 Å². The topological polar surface area (TPSA) is 9.72 Å². The Bertz CT molecular complexity index is 348. The van der Waals surface area contributed by atoms with Crippen molar-refractivity contribution >= 4 is 0 Å². The number of piperazine rings is 1. The van der Waals surface area contributed by atoms with E-state index in [0.29, 0.717) is 0 Å². The summed E-state index contributed by atoms with van der Waals surface area (Å²) in [6, 6.07) is 0.719. The van der Waals surface area contributed by atoms with Crippen LogP contribution in [0.2, 0.25) is 0 Å². The maximum Gasteiger partial charge on any atom is 0.0113 e. The van der Waals surface area contributed by atoms with Crippen LogP contribution in [0, 0.1) is 17.3 Å². The molecule has 0 atom stereocenters. The monoisotopic (exact) mass is 307 g/mol. The number of hydrogen-bond acceptors (Lipinski definition) is 3. The van der Waals surface area contributed by atoms with Crippen LogP contribution in [0.25, 0.3) is 0 Å². The maximum absolute atomic E-state index is 2.74. The van der Waals surface area contributed by atoms with E-state index >= 15 is 0 Å². The molecule has 3 fully saturated rings. The molecule has 3 nitrogen and oxygen atoms in total. The van der Waals surface area contributed by atoms with Crippen molar-refractivity contribution in [3.05, 3.63) is 0 Å². The molecule has 2 aliphatic heterocycles. The summed E-state index contributed by atoms with van der Waals surface area (Å²) in [4.78, 5) is 8.07. The summed E-state index contributed by atoms with van der Waals surface area (Å²) in [5.41, 5.74) is 0.724. The van der Waals surface area contributed by atoms with Crippen molar-refractivity contribution < 1.29 is 0 Å². The fourth-order valence-corrected chi connectivity index (χ4v) is 4.69. The average molecular weight is 308 g/mol. The van der Waals surface area contributed by atoms with Crippen LogP contribution in [0.5, 0.6) is 0 Å². The molecule has 3 aliphatic rings. The molecule has 0 aromatic rings. The Kier molecular flexibility index (Phi) is 5.16. The van der Waals surface area contributed by atoms with Crippen molar-refractivity contribution in [2.24, 2.45) is 17.3 Å². The van der Waals surface area contributed by atoms with Crippen LogP contribution in [0.1, 0.15) is 47.0 Å². The van der Waals surface area contributed by atoms with Gasteiger partial charge in [-0.2, -0.15) is 0 Å². The molecule has 3 heteroatoms. The zero-order valence-electron chi connectivity index (χ0n) is 15.4. The fourth-order valence-electron chi connectivity index (χ4n) is 4.69. The molecule has 0 aromatic heterocycles. The zero-order valence-corrected chi connectivity index (χ0v) is 15.4. The second kappa shape index (κ2) is 6.78. The number of nitrogens with zero attached hydrogens (tertiary/aromatic N) is 3. The molecular formula is C19H37N3. The molecule has 2 heterocycles. The predicted molar refractivity (Wildman–Crippen MR) is 94.2 cm³/mol. The largest absolute Gasteiger partial charge is 0.302 e. The molecule has 0 amide bonds. The first kappa shape index (κ1) is 16.7. The van der Waals surface area contributed by atoms with Gasteiger partial charge in [-0.05, 0) is 50.4 Å². The van der Waals surface area contributed by atoms with E-state index in [1.807, 2.05) is 0 Å². The minimum absolute atomic E-state index is 0.719. The van der Waals surface area contributed by atoms with Gasteiger partial charge in [0, 0.05) is 58.4 Å². The van der Waals surface area contributed by atoms with Crippen LogP contribution in [0.3, 0.4) is 0 Å². The van der Waals surface area contributed by atoms with E-state index in [-0.39, 0.29) is 0 Å². The minimum atomic E-state index is 0.719. The van der Waals surface area contributed by atoms with Crippen LogP contribution < -0.4 is 0 Å². The fraction of sp³-hybridized carbons (Fsp3) is 1.00. The van der Waals surface area contributed by atoms with Crippen molar-refractivity contribution in [2.45, 2.75) is 53.0 Å². The Labute approximate surface area is 138 Å².